The maximum Gasteiger partial charge on any atom is 0.341 e. The van der Waals surface area contributed by atoms with Gasteiger partial charge in [-0.25, -0.2) is 8.42 Å². The van der Waals surface area contributed by atoms with Gasteiger partial charge >= 0.3 is 5.76 Å². The fourth-order valence-electron chi connectivity index (χ4n) is 1.75. The predicted octanol–water partition coefficient (Wildman–Crippen LogP) is 1.85. The van der Waals surface area contributed by atoms with Crippen LogP contribution in [0.2, 0.25) is 0 Å². The second-order valence-electron chi connectivity index (χ2n) is 4.91. The number of alkyl halides is 2. The first-order valence-corrected chi connectivity index (χ1v) is 7.87. The van der Waals surface area contributed by atoms with Crippen molar-refractivity contribution in [1.29, 1.82) is 0 Å². The van der Waals surface area contributed by atoms with Crippen LogP contribution in [0.15, 0.2) is 29.2 Å². The fraction of sp³-hybridized carbons (Fsp3) is 0.462. The van der Waals surface area contributed by atoms with Gasteiger partial charge in [-0.05, 0) is 30.2 Å². The van der Waals surface area contributed by atoms with Crippen molar-refractivity contribution in [3.63, 3.8) is 0 Å². The van der Waals surface area contributed by atoms with Gasteiger partial charge in [-0.2, -0.15) is 8.78 Å². The van der Waals surface area contributed by atoms with Crippen LogP contribution in [0.5, 0.6) is 0 Å². The lowest BCUT2D eigenvalue weighted by Crippen LogP contribution is -2.33. The number of hydrogen-bond donors (Lipinski definition) is 2. The van der Waals surface area contributed by atoms with E-state index in [0.717, 1.165) is 12.1 Å². The minimum absolute atomic E-state index is 0.0495. The highest BCUT2D eigenvalue weighted by Crippen LogP contribution is 2.21. The Morgan fingerprint density at radius 3 is 2.14 bits per heavy atom. The minimum Gasteiger partial charge on any atom is -0.330 e. The molecule has 0 bridgehead atoms. The van der Waals surface area contributed by atoms with E-state index in [4.69, 9.17) is 5.73 Å². The Balaban J connectivity index is 2.87. The van der Waals surface area contributed by atoms with Crippen molar-refractivity contribution in [2.75, 3.05) is 11.9 Å². The van der Waals surface area contributed by atoms with Gasteiger partial charge in [0.15, 0.2) is 0 Å². The van der Waals surface area contributed by atoms with E-state index >= 15 is 0 Å². The summed E-state index contributed by atoms with van der Waals surface area (Å²) in [7, 11) is -4.62. The summed E-state index contributed by atoms with van der Waals surface area (Å²) in [6, 6.07) is 4.59. The molecule has 0 radical (unpaired) electrons. The molecule has 0 aliphatic carbocycles. The Morgan fingerprint density at radius 1 is 1.24 bits per heavy atom. The average molecular weight is 320 g/mol. The van der Waals surface area contributed by atoms with Gasteiger partial charge in [0.1, 0.15) is 0 Å². The average Bonchev–Trinajstić information content (AvgIpc) is 2.39. The summed E-state index contributed by atoms with van der Waals surface area (Å²) in [4.78, 5) is 11.5. The van der Waals surface area contributed by atoms with Crippen LogP contribution in [0.1, 0.15) is 13.8 Å². The molecule has 1 atom stereocenters. The SMILES string of the molecule is CC(C)C(CN)C(=O)Nc1ccc(S(=O)(=O)C(F)F)cc1. The van der Waals surface area contributed by atoms with E-state index in [-0.39, 0.29) is 24.3 Å². The Hall–Kier alpha value is -1.54. The number of carbonyl (C=O) groups is 1. The molecule has 0 fully saturated rings. The largest absolute Gasteiger partial charge is 0.341 e. The highest BCUT2D eigenvalue weighted by atomic mass is 32.2. The molecule has 0 saturated carbocycles. The van der Waals surface area contributed by atoms with Gasteiger partial charge in [-0.3, -0.25) is 4.79 Å². The standard InChI is InChI=1S/C13H18F2N2O3S/c1-8(2)11(7-16)12(18)17-9-3-5-10(6-4-9)21(19,20)13(14)15/h3-6,8,11,13H,7,16H2,1-2H3,(H,17,18). The van der Waals surface area contributed by atoms with Crippen LogP contribution in [0.4, 0.5) is 14.5 Å². The number of nitrogens with one attached hydrogen (secondary N) is 1. The van der Waals surface area contributed by atoms with Crippen LogP contribution < -0.4 is 11.1 Å². The van der Waals surface area contributed by atoms with E-state index in [2.05, 4.69) is 5.32 Å². The summed E-state index contributed by atoms with van der Waals surface area (Å²) in [6.07, 6.45) is 0. The molecule has 0 spiro atoms. The normalized spacial score (nSPS) is 13.5. The lowest BCUT2D eigenvalue weighted by Gasteiger charge is -2.18. The molecule has 0 saturated heterocycles. The molecular formula is C13H18F2N2O3S. The van der Waals surface area contributed by atoms with Gasteiger partial charge in [-0.1, -0.05) is 13.8 Å². The Kier molecular flexibility index (Phi) is 5.79. The van der Waals surface area contributed by atoms with Crippen molar-refractivity contribution >= 4 is 21.4 Å². The Labute approximate surface area is 122 Å². The molecule has 118 valence electrons. The molecule has 1 amide bonds. The monoisotopic (exact) mass is 320 g/mol. The quantitative estimate of drug-likeness (QED) is 0.837. The molecule has 0 aliphatic heterocycles. The van der Waals surface area contributed by atoms with Crippen molar-refractivity contribution < 1.29 is 22.0 Å². The van der Waals surface area contributed by atoms with Crippen molar-refractivity contribution in [3.05, 3.63) is 24.3 Å². The zero-order valence-electron chi connectivity index (χ0n) is 11.7. The number of rotatable bonds is 6. The Morgan fingerprint density at radius 2 is 1.76 bits per heavy atom. The van der Waals surface area contributed by atoms with Gasteiger partial charge in [0.2, 0.25) is 15.7 Å². The zero-order valence-corrected chi connectivity index (χ0v) is 12.5. The van der Waals surface area contributed by atoms with Crippen molar-refractivity contribution in [2.24, 2.45) is 17.6 Å². The smallest absolute Gasteiger partial charge is 0.330 e. The summed E-state index contributed by atoms with van der Waals surface area (Å²) < 4.78 is 47.3. The Bertz CT molecular complexity index is 586. The molecule has 1 aromatic rings. The molecule has 0 heterocycles. The van der Waals surface area contributed by atoms with E-state index in [1.54, 1.807) is 0 Å². The third-order valence-electron chi connectivity index (χ3n) is 3.08. The molecule has 21 heavy (non-hydrogen) atoms. The van der Waals surface area contributed by atoms with Crippen LogP contribution >= 0.6 is 0 Å². The first-order valence-electron chi connectivity index (χ1n) is 6.33. The van der Waals surface area contributed by atoms with E-state index in [1.165, 1.54) is 12.1 Å². The summed E-state index contributed by atoms with van der Waals surface area (Å²) in [5.41, 5.74) is 5.85. The number of nitrogens with two attached hydrogens (primary N) is 1. The van der Waals surface area contributed by atoms with Crippen LogP contribution in [-0.4, -0.2) is 26.6 Å². The molecular weight excluding hydrogens is 302 g/mol. The second-order valence-corrected chi connectivity index (χ2v) is 6.82. The fourth-order valence-corrected chi connectivity index (χ4v) is 2.47. The van der Waals surface area contributed by atoms with Gasteiger partial charge in [0.05, 0.1) is 10.8 Å². The lowest BCUT2D eigenvalue weighted by atomic mass is 9.95. The summed E-state index contributed by atoms with van der Waals surface area (Å²) in [6.45, 7) is 3.90. The van der Waals surface area contributed by atoms with Gasteiger partial charge < -0.3 is 11.1 Å². The topological polar surface area (TPSA) is 89.3 Å². The predicted molar refractivity (Wildman–Crippen MR) is 75.6 cm³/mol. The van der Waals surface area contributed by atoms with Crippen LogP contribution in [-0.2, 0) is 14.6 Å². The lowest BCUT2D eigenvalue weighted by molar-refractivity contribution is -0.120. The van der Waals surface area contributed by atoms with Gasteiger partial charge in [0.25, 0.3) is 0 Å². The van der Waals surface area contributed by atoms with Crippen LogP contribution in [0.3, 0.4) is 0 Å². The molecule has 1 rings (SSSR count). The molecule has 3 N–H and O–H groups in total. The second kappa shape index (κ2) is 6.95. The van der Waals surface area contributed by atoms with E-state index in [1.807, 2.05) is 13.8 Å². The van der Waals surface area contributed by atoms with E-state index in [0.29, 0.717) is 5.69 Å². The maximum atomic E-state index is 12.4. The van der Waals surface area contributed by atoms with Gasteiger partial charge in [-0.15, -0.1) is 0 Å². The number of carbonyl (C=O) groups excluding carboxylic acids is 1. The van der Waals surface area contributed by atoms with E-state index in [9.17, 15) is 22.0 Å². The molecule has 5 nitrogen and oxygen atoms in total. The summed E-state index contributed by atoms with van der Waals surface area (Å²) in [5, 5.41) is 2.58. The third kappa shape index (κ3) is 4.21. The van der Waals surface area contributed by atoms with Crippen molar-refractivity contribution in [3.8, 4) is 0 Å². The number of amides is 1. The first kappa shape index (κ1) is 17.5. The highest BCUT2D eigenvalue weighted by Gasteiger charge is 2.26. The highest BCUT2D eigenvalue weighted by molar-refractivity contribution is 7.91. The number of halogens is 2. The van der Waals surface area contributed by atoms with Gasteiger partial charge in [0, 0.05) is 12.2 Å². The molecule has 1 unspecified atom stereocenters. The number of benzene rings is 1. The molecule has 0 aromatic heterocycles. The third-order valence-corrected chi connectivity index (χ3v) is 4.48. The van der Waals surface area contributed by atoms with Crippen LogP contribution in [0.25, 0.3) is 0 Å². The number of anilines is 1. The van der Waals surface area contributed by atoms with Crippen molar-refractivity contribution in [2.45, 2.75) is 24.5 Å². The molecule has 0 aliphatic rings. The first-order chi connectivity index (χ1) is 9.70. The maximum absolute atomic E-state index is 12.4. The number of hydrogen-bond acceptors (Lipinski definition) is 4. The summed E-state index contributed by atoms with van der Waals surface area (Å²) >= 11 is 0. The zero-order chi connectivity index (χ0) is 16.2. The number of sulfone groups is 1. The molecule has 8 heteroatoms. The molecule has 1 aromatic carbocycles. The van der Waals surface area contributed by atoms with E-state index < -0.39 is 20.5 Å². The minimum atomic E-state index is -4.62. The van der Waals surface area contributed by atoms with Crippen molar-refractivity contribution in [1.82, 2.24) is 0 Å². The van der Waals surface area contributed by atoms with Crippen LogP contribution in [0, 0.1) is 11.8 Å². The summed E-state index contributed by atoms with van der Waals surface area (Å²) in [5.74, 6) is -4.10.